The van der Waals surface area contributed by atoms with Crippen molar-refractivity contribution in [2.45, 2.75) is 13.8 Å². The molecule has 5 aromatic carbocycles. The van der Waals surface area contributed by atoms with Crippen LogP contribution in [0.15, 0.2) is 140 Å². The lowest BCUT2D eigenvalue weighted by Crippen LogP contribution is -1.83. The SMILES string of the molecule is Cc1ccc2cccc(O)c2n1.Cc1ccc2cccc(O)c2n1.Oc1c(-c2ccccc2)cccc1-c1ccccc1. The van der Waals surface area contributed by atoms with E-state index in [4.69, 9.17) is 0 Å². The minimum atomic E-state index is 0.246. The number of nitrogens with zero attached hydrogens (tertiary/aromatic N) is 2. The molecular weight excluding hydrogens is 532 g/mol. The highest BCUT2D eigenvalue weighted by atomic mass is 16.3. The average Bonchev–Trinajstić information content (AvgIpc) is 3.04. The van der Waals surface area contributed by atoms with Gasteiger partial charge < -0.3 is 15.3 Å². The van der Waals surface area contributed by atoms with E-state index in [0.717, 1.165) is 44.4 Å². The van der Waals surface area contributed by atoms with Crippen LogP contribution in [0.25, 0.3) is 44.1 Å². The predicted molar refractivity (Wildman–Crippen MR) is 175 cm³/mol. The normalized spacial score (nSPS) is 10.4. The second-order valence-electron chi connectivity index (χ2n) is 10.0. The zero-order valence-electron chi connectivity index (χ0n) is 24.0. The number of hydrogen-bond acceptors (Lipinski definition) is 5. The lowest BCUT2D eigenvalue weighted by Gasteiger charge is -2.10. The number of hydrogen-bond donors (Lipinski definition) is 3. The Morgan fingerprint density at radius 1 is 0.395 bits per heavy atom. The first-order valence-electron chi connectivity index (χ1n) is 13.9. The second-order valence-corrected chi connectivity index (χ2v) is 10.0. The molecule has 2 aromatic heterocycles. The number of rotatable bonds is 2. The van der Waals surface area contributed by atoms with Crippen LogP contribution < -0.4 is 0 Å². The molecule has 0 fully saturated rings. The van der Waals surface area contributed by atoms with Crippen LogP contribution in [0.3, 0.4) is 0 Å². The van der Waals surface area contributed by atoms with E-state index in [1.807, 2.05) is 141 Å². The molecule has 2 heterocycles. The molecule has 0 bridgehead atoms. The van der Waals surface area contributed by atoms with E-state index in [1.165, 1.54) is 0 Å². The summed E-state index contributed by atoms with van der Waals surface area (Å²) in [6, 6.07) is 44.3. The van der Waals surface area contributed by atoms with Crippen molar-refractivity contribution in [2.24, 2.45) is 0 Å². The summed E-state index contributed by atoms with van der Waals surface area (Å²) in [6.07, 6.45) is 0. The Bertz CT molecular complexity index is 1830. The van der Waals surface area contributed by atoms with Crippen LogP contribution in [0.2, 0.25) is 0 Å². The molecule has 5 heteroatoms. The van der Waals surface area contributed by atoms with E-state index < -0.39 is 0 Å². The van der Waals surface area contributed by atoms with Crippen molar-refractivity contribution >= 4 is 21.8 Å². The molecule has 7 rings (SSSR count). The summed E-state index contributed by atoms with van der Waals surface area (Å²) in [7, 11) is 0. The molecule has 7 aromatic rings. The summed E-state index contributed by atoms with van der Waals surface area (Å²) in [6.45, 7) is 3.82. The molecule has 0 saturated carbocycles. The predicted octanol–water partition coefficient (Wildman–Crippen LogP) is 9.22. The van der Waals surface area contributed by atoms with E-state index in [9.17, 15) is 15.3 Å². The Morgan fingerprint density at radius 2 is 0.791 bits per heavy atom. The van der Waals surface area contributed by atoms with E-state index in [2.05, 4.69) is 9.97 Å². The number of benzene rings is 5. The number of phenols is 3. The van der Waals surface area contributed by atoms with Crippen molar-refractivity contribution in [1.82, 2.24) is 9.97 Å². The lowest BCUT2D eigenvalue weighted by molar-refractivity contribution is 0.479. The van der Waals surface area contributed by atoms with Gasteiger partial charge in [0.05, 0.1) is 0 Å². The van der Waals surface area contributed by atoms with E-state index in [-0.39, 0.29) is 11.5 Å². The molecular formula is C38H32N2O3. The van der Waals surface area contributed by atoms with Crippen LogP contribution in [-0.4, -0.2) is 25.3 Å². The fourth-order valence-corrected chi connectivity index (χ4v) is 4.70. The molecule has 0 radical (unpaired) electrons. The number of pyridine rings is 2. The number of aromatic nitrogens is 2. The van der Waals surface area contributed by atoms with Gasteiger partial charge in [0.1, 0.15) is 28.3 Å². The summed E-state index contributed by atoms with van der Waals surface area (Å²) < 4.78 is 0. The van der Waals surface area contributed by atoms with Gasteiger partial charge in [-0.1, -0.05) is 115 Å². The fraction of sp³-hybridized carbons (Fsp3) is 0.0526. The van der Waals surface area contributed by atoms with Gasteiger partial charge in [0, 0.05) is 33.3 Å². The van der Waals surface area contributed by atoms with Crippen LogP contribution in [0.1, 0.15) is 11.4 Å². The van der Waals surface area contributed by atoms with Gasteiger partial charge in [-0.25, -0.2) is 9.97 Å². The third kappa shape index (κ3) is 6.97. The van der Waals surface area contributed by atoms with Gasteiger partial charge >= 0.3 is 0 Å². The molecule has 43 heavy (non-hydrogen) atoms. The van der Waals surface area contributed by atoms with Gasteiger partial charge in [-0.05, 0) is 49.2 Å². The highest BCUT2D eigenvalue weighted by molar-refractivity contribution is 5.85. The number of aromatic hydroxyl groups is 3. The minimum Gasteiger partial charge on any atom is -0.507 e. The third-order valence-corrected chi connectivity index (χ3v) is 6.88. The van der Waals surface area contributed by atoms with Gasteiger partial charge in [-0.15, -0.1) is 0 Å². The van der Waals surface area contributed by atoms with Crippen molar-refractivity contribution in [3.05, 3.63) is 151 Å². The summed E-state index contributed by atoms with van der Waals surface area (Å²) in [5, 5.41) is 31.3. The van der Waals surface area contributed by atoms with Gasteiger partial charge in [0.25, 0.3) is 0 Å². The van der Waals surface area contributed by atoms with Gasteiger partial charge in [0.2, 0.25) is 0 Å². The third-order valence-electron chi connectivity index (χ3n) is 6.88. The Kier molecular flexibility index (Phi) is 8.93. The number of phenolic OH excluding ortho intramolecular Hbond substituents is 3. The first-order valence-corrected chi connectivity index (χ1v) is 13.9. The summed E-state index contributed by atoms with van der Waals surface area (Å²) in [5.74, 6) is 0.826. The molecule has 0 atom stereocenters. The zero-order valence-corrected chi connectivity index (χ0v) is 24.0. The van der Waals surface area contributed by atoms with Crippen LogP contribution >= 0.6 is 0 Å². The maximum atomic E-state index is 10.5. The van der Waals surface area contributed by atoms with Crippen LogP contribution in [-0.2, 0) is 0 Å². The lowest BCUT2D eigenvalue weighted by atomic mass is 9.97. The highest BCUT2D eigenvalue weighted by Crippen LogP contribution is 2.37. The molecule has 0 aliphatic heterocycles. The maximum absolute atomic E-state index is 10.5. The van der Waals surface area contributed by atoms with E-state index in [0.29, 0.717) is 16.8 Å². The molecule has 0 spiro atoms. The van der Waals surface area contributed by atoms with Gasteiger partial charge in [-0.3, -0.25) is 0 Å². The average molecular weight is 565 g/mol. The second kappa shape index (κ2) is 13.3. The zero-order chi connectivity index (χ0) is 30.2. The molecule has 0 amide bonds. The van der Waals surface area contributed by atoms with Crippen molar-refractivity contribution in [2.75, 3.05) is 0 Å². The standard InChI is InChI=1S/C18H14O.2C10H9NO/c19-18-16(14-8-3-1-4-9-14)12-7-13-17(18)15-10-5-2-6-11-15;2*1-7-5-6-8-3-2-4-9(12)10(8)11-7/h1-13,19H;2*2-6,12H,1H3. The monoisotopic (exact) mass is 564 g/mol. The van der Waals surface area contributed by atoms with Crippen molar-refractivity contribution in [1.29, 1.82) is 0 Å². The van der Waals surface area contributed by atoms with Crippen LogP contribution in [0.4, 0.5) is 0 Å². The highest BCUT2D eigenvalue weighted by Gasteiger charge is 2.09. The smallest absolute Gasteiger partial charge is 0.141 e. The fourth-order valence-electron chi connectivity index (χ4n) is 4.70. The first kappa shape index (κ1) is 28.8. The maximum Gasteiger partial charge on any atom is 0.141 e. The molecule has 0 unspecified atom stereocenters. The Labute approximate surface area is 251 Å². The van der Waals surface area contributed by atoms with Crippen LogP contribution in [0.5, 0.6) is 17.2 Å². The summed E-state index contributed by atoms with van der Waals surface area (Å²) in [5.41, 5.74) is 6.97. The number of para-hydroxylation sites is 3. The Hall–Kier alpha value is -5.68. The molecule has 0 aliphatic carbocycles. The summed E-state index contributed by atoms with van der Waals surface area (Å²) in [4.78, 5) is 8.45. The minimum absolute atomic E-state index is 0.246. The van der Waals surface area contributed by atoms with Gasteiger partial charge in [0.15, 0.2) is 0 Å². The molecule has 3 N–H and O–H groups in total. The van der Waals surface area contributed by atoms with E-state index >= 15 is 0 Å². The van der Waals surface area contributed by atoms with E-state index in [1.54, 1.807) is 12.1 Å². The first-order chi connectivity index (χ1) is 20.9. The van der Waals surface area contributed by atoms with Crippen molar-refractivity contribution in [3.63, 3.8) is 0 Å². The topological polar surface area (TPSA) is 86.5 Å². The molecule has 212 valence electrons. The van der Waals surface area contributed by atoms with Crippen molar-refractivity contribution < 1.29 is 15.3 Å². The largest absolute Gasteiger partial charge is 0.507 e. The molecule has 0 aliphatic rings. The molecule has 5 nitrogen and oxygen atoms in total. The Morgan fingerprint density at radius 3 is 1.21 bits per heavy atom. The van der Waals surface area contributed by atoms with Crippen molar-refractivity contribution in [3.8, 4) is 39.5 Å². The number of aryl methyl sites for hydroxylation is 2. The van der Waals surface area contributed by atoms with Crippen LogP contribution in [0, 0.1) is 13.8 Å². The Balaban J connectivity index is 0.000000134. The quantitative estimate of drug-likeness (QED) is 0.195. The molecule has 0 saturated heterocycles. The number of fused-ring (bicyclic) bond motifs is 2. The van der Waals surface area contributed by atoms with Gasteiger partial charge in [-0.2, -0.15) is 0 Å². The summed E-state index contributed by atoms with van der Waals surface area (Å²) >= 11 is 0.